The number of hydrogen-bond donors (Lipinski definition) is 2. The van der Waals surface area contributed by atoms with Gasteiger partial charge in [-0.3, -0.25) is 4.79 Å². The van der Waals surface area contributed by atoms with Crippen molar-refractivity contribution in [1.29, 1.82) is 0 Å². The number of carbonyl (C=O) groups is 1. The van der Waals surface area contributed by atoms with Crippen LogP contribution in [-0.4, -0.2) is 21.7 Å². The number of aromatic nitrogens is 1. The Labute approximate surface area is 121 Å². The summed E-state index contributed by atoms with van der Waals surface area (Å²) in [4.78, 5) is 22.1. The summed E-state index contributed by atoms with van der Waals surface area (Å²) in [5.74, 6) is 1.39. The number of carboxylic acids is 1. The van der Waals surface area contributed by atoms with Gasteiger partial charge < -0.3 is 15.4 Å². The molecule has 2 aromatic rings. The molecule has 1 unspecified atom stereocenters. The molecule has 6 nitrogen and oxygen atoms in total. The fraction of sp³-hybridized carbons (Fsp3) is 0.267. The van der Waals surface area contributed by atoms with Crippen molar-refractivity contribution in [3.05, 3.63) is 33.9 Å². The molecule has 6 heteroatoms. The molecule has 3 N–H and O–H groups in total. The number of benzene rings is 1. The Hall–Kier alpha value is -2.65. The minimum Gasteiger partial charge on any atom is -0.480 e. The molecule has 0 aliphatic rings. The lowest BCUT2D eigenvalue weighted by Crippen LogP contribution is -2.32. The molecule has 0 amide bonds. The van der Waals surface area contributed by atoms with Gasteiger partial charge in [0.2, 0.25) is 0 Å². The van der Waals surface area contributed by atoms with Gasteiger partial charge in [0.25, 0.3) is 0 Å². The Bertz CT molecular complexity index is 784. The smallest absolute Gasteiger partial charge is 0.320 e. The maximum absolute atomic E-state index is 11.1. The van der Waals surface area contributed by atoms with Crippen molar-refractivity contribution in [1.82, 2.24) is 4.57 Å². The molecule has 0 bridgehead atoms. The molecule has 2 rings (SSSR count). The number of carboxylic acid groups (broad SMARTS) is 1. The van der Waals surface area contributed by atoms with E-state index >= 15 is 0 Å². The zero-order valence-electron chi connectivity index (χ0n) is 11.8. The Balaban J connectivity index is 2.77. The van der Waals surface area contributed by atoms with Crippen molar-refractivity contribution >= 4 is 22.6 Å². The molecule has 0 spiro atoms. The van der Waals surface area contributed by atoms with Gasteiger partial charge in [-0.15, -0.1) is 11.3 Å². The van der Waals surface area contributed by atoms with Gasteiger partial charge in [0.05, 0.1) is 5.52 Å². The van der Waals surface area contributed by atoms with Crippen molar-refractivity contribution < 1.29 is 9.90 Å². The van der Waals surface area contributed by atoms with Gasteiger partial charge >= 0.3 is 5.97 Å². The summed E-state index contributed by atoms with van der Waals surface area (Å²) in [5, 5.41) is 12.6. The molecule has 1 aromatic heterocycles. The highest BCUT2D eigenvalue weighted by atomic mass is 16.4. The molecule has 108 valence electrons. The van der Waals surface area contributed by atoms with E-state index in [2.05, 4.69) is 11.1 Å². The third kappa shape index (κ3) is 2.39. The van der Waals surface area contributed by atoms with Crippen LogP contribution in [0.25, 0.3) is 10.9 Å². The minimum atomic E-state index is -1.09. The van der Waals surface area contributed by atoms with Crippen LogP contribution in [0.2, 0.25) is 0 Å². The Kier molecular flexibility index (Phi) is 3.78. The SMILES string of the molecule is C#Cc1cc(N=O)c2c(CC(N)C(=O)O)c(C)n(C)c2c1. The third-order valence-corrected chi connectivity index (χ3v) is 3.71. The average Bonchev–Trinajstić information content (AvgIpc) is 2.71. The Morgan fingerprint density at radius 3 is 2.76 bits per heavy atom. The van der Waals surface area contributed by atoms with E-state index < -0.39 is 12.0 Å². The quantitative estimate of drug-likeness (QED) is 0.661. The van der Waals surface area contributed by atoms with Crippen LogP contribution in [0, 0.1) is 24.2 Å². The second kappa shape index (κ2) is 5.38. The number of aryl methyl sites for hydroxylation is 1. The van der Waals surface area contributed by atoms with Crippen LogP contribution in [-0.2, 0) is 18.3 Å². The lowest BCUT2D eigenvalue weighted by molar-refractivity contribution is -0.138. The molecule has 0 radical (unpaired) electrons. The van der Waals surface area contributed by atoms with Crippen molar-refractivity contribution in [2.75, 3.05) is 0 Å². The lowest BCUT2D eigenvalue weighted by atomic mass is 10.0. The van der Waals surface area contributed by atoms with Crippen molar-refractivity contribution in [3.63, 3.8) is 0 Å². The van der Waals surface area contributed by atoms with E-state index in [9.17, 15) is 9.70 Å². The van der Waals surface area contributed by atoms with Crippen molar-refractivity contribution in [3.8, 4) is 12.3 Å². The average molecular weight is 285 g/mol. The molecule has 0 aliphatic heterocycles. The highest BCUT2D eigenvalue weighted by Gasteiger charge is 2.21. The summed E-state index contributed by atoms with van der Waals surface area (Å²) in [7, 11) is 1.82. The first kappa shape index (κ1) is 14.8. The molecule has 21 heavy (non-hydrogen) atoms. The third-order valence-electron chi connectivity index (χ3n) is 3.71. The first-order valence-corrected chi connectivity index (χ1v) is 6.31. The topological polar surface area (TPSA) is 97.7 Å². The molecule has 0 saturated carbocycles. The van der Waals surface area contributed by atoms with Gasteiger partial charge in [-0.1, -0.05) is 5.92 Å². The number of hydrogen-bond acceptors (Lipinski definition) is 4. The van der Waals surface area contributed by atoms with Gasteiger partial charge in [-0.25, -0.2) is 0 Å². The number of nitrogens with two attached hydrogens (primary N) is 1. The molecular formula is C15H15N3O3. The van der Waals surface area contributed by atoms with Gasteiger partial charge in [-0.05, 0) is 29.8 Å². The molecule has 1 aromatic carbocycles. The number of aliphatic carboxylic acids is 1. The summed E-state index contributed by atoms with van der Waals surface area (Å²) in [5.41, 5.74) is 8.65. The standard InChI is InChI=1S/C15H15N3O3/c1-4-9-5-12(17-21)14-10(7-11(16)15(19)20)8(2)18(3)13(14)6-9/h1,5-6,11H,7,16H2,2-3H3,(H,19,20). The van der Waals surface area contributed by atoms with Crippen LogP contribution in [0.4, 0.5) is 5.69 Å². The van der Waals surface area contributed by atoms with Crippen LogP contribution in [0.15, 0.2) is 17.3 Å². The van der Waals surface area contributed by atoms with E-state index in [1.165, 1.54) is 6.07 Å². The summed E-state index contributed by atoms with van der Waals surface area (Å²) in [6.45, 7) is 1.84. The predicted octanol–water partition coefficient (Wildman–Crippen LogP) is 1.82. The Morgan fingerprint density at radius 2 is 2.24 bits per heavy atom. The van der Waals surface area contributed by atoms with Crippen molar-refractivity contribution in [2.24, 2.45) is 18.0 Å². The van der Waals surface area contributed by atoms with Crippen LogP contribution >= 0.6 is 0 Å². The fourth-order valence-electron chi connectivity index (χ4n) is 2.46. The number of nitrogens with zero attached hydrogens (tertiary/aromatic N) is 2. The lowest BCUT2D eigenvalue weighted by Gasteiger charge is -2.07. The van der Waals surface area contributed by atoms with Gasteiger partial charge in [0.1, 0.15) is 11.7 Å². The number of terminal acetylenes is 1. The summed E-state index contributed by atoms with van der Waals surface area (Å²) in [6.07, 6.45) is 5.50. The maximum Gasteiger partial charge on any atom is 0.320 e. The van der Waals surface area contributed by atoms with Crippen LogP contribution in [0.5, 0.6) is 0 Å². The second-order valence-corrected chi connectivity index (χ2v) is 4.90. The maximum atomic E-state index is 11.1. The molecular weight excluding hydrogens is 270 g/mol. The van der Waals surface area contributed by atoms with Crippen LogP contribution < -0.4 is 5.73 Å². The van der Waals surface area contributed by atoms with Gasteiger partial charge in [0, 0.05) is 30.1 Å². The predicted molar refractivity (Wildman–Crippen MR) is 80.4 cm³/mol. The van der Waals surface area contributed by atoms with Crippen molar-refractivity contribution in [2.45, 2.75) is 19.4 Å². The van der Waals surface area contributed by atoms with E-state index in [0.717, 1.165) is 11.2 Å². The van der Waals surface area contributed by atoms with E-state index in [1.54, 1.807) is 6.07 Å². The molecule has 0 aliphatic carbocycles. The molecule has 1 atom stereocenters. The fourth-order valence-corrected chi connectivity index (χ4v) is 2.46. The zero-order valence-corrected chi connectivity index (χ0v) is 11.8. The number of fused-ring (bicyclic) bond motifs is 1. The van der Waals surface area contributed by atoms with E-state index in [-0.39, 0.29) is 12.1 Å². The molecule has 1 heterocycles. The molecule has 0 saturated heterocycles. The highest BCUT2D eigenvalue weighted by Crippen LogP contribution is 2.35. The minimum absolute atomic E-state index is 0.121. The van der Waals surface area contributed by atoms with Gasteiger partial charge in [-0.2, -0.15) is 0 Å². The summed E-state index contributed by atoms with van der Waals surface area (Å²) < 4.78 is 1.86. The van der Waals surface area contributed by atoms with Gasteiger partial charge in [0.15, 0.2) is 0 Å². The first-order valence-electron chi connectivity index (χ1n) is 6.31. The van der Waals surface area contributed by atoms with E-state index in [1.807, 2.05) is 18.5 Å². The Morgan fingerprint density at radius 1 is 1.57 bits per heavy atom. The van der Waals surface area contributed by atoms with Crippen LogP contribution in [0.3, 0.4) is 0 Å². The highest BCUT2D eigenvalue weighted by molar-refractivity contribution is 5.96. The van der Waals surface area contributed by atoms with E-state index in [4.69, 9.17) is 17.3 Å². The summed E-state index contributed by atoms with van der Waals surface area (Å²) >= 11 is 0. The first-order chi connectivity index (χ1) is 9.90. The largest absolute Gasteiger partial charge is 0.480 e. The molecule has 0 fully saturated rings. The number of rotatable bonds is 4. The van der Waals surface area contributed by atoms with Crippen LogP contribution in [0.1, 0.15) is 16.8 Å². The monoisotopic (exact) mass is 285 g/mol. The van der Waals surface area contributed by atoms with E-state index in [0.29, 0.717) is 16.5 Å². The normalized spacial score (nSPS) is 12.1. The number of nitroso groups, excluding NO2 is 1. The second-order valence-electron chi connectivity index (χ2n) is 4.90. The zero-order chi connectivity index (χ0) is 15.7. The summed E-state index contributed by atoms with van der Waals surface area (Å²) in [6, 6.07) is 2.25.